The standard InChI is InChI=1S/C13H16N2O4.2C6H5Cl.C2H6/c1-9(16)19-11(10-3-5-14-6-4-10)12-13(17)15(2)7-8-18-12;2*7-6-4-2-1-3-5-6;1-2/h3-6,11-12H,7-8H2,1-2H3;2*1-5H;1-2H3. The van der Waals surface area contributed by atoms with Crippen molar-refractivity contribution in [2.45, 2.75) is 33.0 Å². The molecule has 2 heterocycles. The van der Waals surface area contributed by atoms with Crippen LogP contribution in [-0.4, -0.2) is 48.1 Å². The average Bonchev–Trinajstić information content (AvgIpc) is 2.88. The topological polar surface area (TPSA) is 68.7 Å². The van der Waals surface area contributed by atoms with E-state index in [-0.39, 0.29) is 5.91 Å². The summed E-state index contributed by atoms with van der Waals surface area (Å²) in [4.78, 5) is 28.8. The van der Waals surface area contributed by atoms with Gasteiger partial charge in [0.1, 0.15) is 0 Å². The van der Waals surface area contributed by atoms with Crippen LogP contribution in [0.25, 0.3) is 0 Å². The molecular formula is C27H32Cl2N2O4. The number of likely N-dealkylation sites (N-methyl/N-ethyl adjacent to an activating group) is 1. The van der Waals surface area contributed by atoms with Gasteiger partial charge in [0, 0.05) is 43.0 Å². The first-order chi connectivity index (χ1) is 16.9. The largest absolute Gasteiger partial charge is 0.454 e. The van der Waals surface area contributed by atoms with E-state index in [0.29, 0.717) is 18.7 Å². The Hall–Kier alpha value is -2.93. The Morgan fingerprint density at radius 2 is 1.46 bits per heavy atom. The Bertz CT molecular complexity index is 939. The monoisotopic (exact) mass is 518 g/mol. The number of halogens is 2. The van der Waals surface area contributed by atoms with Crippen LogP contribution in [0.4, 0.5) is 0 Å². The molecule has 8 heteroatoms. The lowest BCUT2D eigenvalue weighted by Crippen LogP contribution is -2.48. The van der Waals surface area contributed by atoms with Crippen molar-refractivity contribution < 1.29 is 19.1 Å². The number of carbonyl (C=O) groups excluding carboxylic acids is 2. The summed E-state index contributed by atoms with van der Waals surface area (Å²) in [6.07, 6.45) is 1.63. The van der Waals surface area contributed by atoms with Gasteiger partial charge in [-0.2, -0.15) is 0 Å². The molecule has 1 fully saturated rings. The summed E-state index contributed by atoms with van der Waals surface area (Å²) in [5.41, 5.74) is 0.693. The molecule has 35 heavy (non-hydrogen) atoms. The molecule has 1 saturated heterocycles. The Morgan fingerprint density at radius 1 is 0.971 bits per heavy atom. The summed E-state index contributed by atoms with van der Waals surface area (Å²) in [5, 5.41) is 1.59. The van der Waals surface area contributed by atoms with Gasteiger partial charge in [-0.05, 0) is 42.0 Å². The van der Waals surface area contributed by atoms with Crippen molar-refractivity contribution in [1.29, 1.82) is 0 Å². The highest BCUT2D eigenvalue weighted by Crippen LogP contribution is 2.26. The van der Waals surface area contributed by atoms with Gasteiger partial charge < -0.3 is 14.4 Å². The predicted molar refractivity (Wildman–Crippen MR) is 140 cm³/mol. The van der Waals surface area contributed by atoms with E-state index in [9.17, 15) is 9.59 Å². The Labute approximate surface area is 217 Å². The average molecular weight is 519 g/mol. The fourth-order valence-corrected chi connectivity index (χ4v) is 3.09. The maximum absolute atomic E-state index is 12.1. The smallest absolute Gasteiger partial charge is 0.303 e. The van der Waals surface area contributed by atoms with Crippen molar-refractivity contribution in [3.63, 3.8) is 0 Å². The van der Waals surface area contributed by atoms with Gasteiger partial charge in [-0.25, -0.2) is 0 Å². The number of ether oxygens (including phenoxy) is 2. The third kappa shape index (κ3) is 11.9. The van der Waals surface area contributed by atoms with Gasteiger partial charge in [0.25, 0.3) is 5.91 Å². The molecule has 4 rings (SSSR count). The zero-order valence-corrected chi connectivity index (χ0v) is 21.9. The maximum atomic E-state index is 12.1. The second kappa shape index (κ2) is 17.5. The van der Waals surface area contributed by atoms with Crippen molar-refractivity contribution in [3.05, 3.63) is 101 Å². The molecule has 0 radical (unpaired) electrons. The molecule has 1 aliphatic rings. The molecule has 0 spiro atoms. The van der Waals surface area contributed by atoms with E-state index in [4.69, 9.17) is 32.7 Å². The normalized spacial score (nSPS) is 15.1. The molecule has 0 saturated carbocycles. The highest BCUT2D eigenvalue weighted by molar-refractivity contribution is 6.30. The number of hydrogen-bond donors (Lipinski definition) is 0. The number of pyridine rings is 1. The van der Waals surface area contributed by atoms with E-state index >= 15 is 0 Å². The fraction of sp³-hybridized carbons (Fsp3) is 0.296. The van der Waals surface area contributed by atoms with E-state index in [2.05, 4.69) is 4.98 Å². The summed E-state index contributed by atoms with van der Waals surface area (Å²) in [5.74, 6) is -0.638. The molecule has 2 atom stereocenters. The van der Waals surface area contributed by atoms with Crippen molar-refractivity contribution >= 4 is 35.1 Å². The molecular weight excluding hydrogens is 487 g/mol. The van der Waals surface area contributed by atoms with Crippen molar-refractivity contribution in [3.8, 4) is 0 Å². The van der Waals surface area contributed by atoms with Crippen LogP contribution in [0.2, 0.25) is 10.0 Å². The summed E-state index contributed by atoms with van der Waals surface area (Å²) in [6, 6.07) is 22.3. The molecule has 2 unspecified atom stereocenters. The molecule has 3 aromatic rings. The van der Waals surface area contributed by atoms with Gasteiger partial charge >= 0.3 is 5.97 Å². The molecule has 1 aromatic heterocycles. The lowest BCUT2D eigenvalue weighted by molar-refractivity contribution is -0.173. The summed E-state index contributed by atoms with van der Waals surface area (Å²) in [6.45, 7) is 6.28. The van der Waals surface area contributed by atoms with Gasteiger partial charge in [0.2, 0.25) is 0 Å². The predicted octanol–water partition coefficient (Wildman–Crippen LogP) is 6.25. The Balaban J connectivity index is 0.000000312. The van der Waals surface area contributed by atoms with Gasteiger partial charge in [-0.15, -0.1) is 0 Å². The van der Waals surface area contributed by atoms with E-state index in [1.165, 1.54) is 6.92 Å². The lowest BCUT2D eigenvalue weighted by Gasteiger charge is -2.33. The minimum absolute atomic E-state index is 0.186. The third-order valence-corrected chi connectivity index (χ3v) is 4.92. The van der Waals surface area contributed by atoms with Gasteiger partial charge in [0.05, 0.1) is 6.61 Å². The van der Waals surface area contributed by atoms with Crippen LogP contribution < -0.4 is 0 Å². The highest BCUT2D eigenvalue weighted by Gasteiger charge is 2.37. The Morgan fingerprint density at radius 3 is 1.86 bits per heavy atom. The highest BCUT2D eigenvalue weighted by atomic mass is 35.5. The number of benzene rings is 2. The van der Waals surface area contributed by atoms with E-state index in [0.717, 1.165) is 10.0 Å². The second-order valence-corrected chi connectivity index (χ2v) is 7.83. The minimum atomic E-state index is -0.801. The number of amides is 1. The maximum Gasteiger partial charge on any atom is 0.303 e. The molecule has 2 aromatic carbocycles. The van der Waals surface area contributed by atoms with Crippen LogP contribution in [0, 0.1) is 0 Å². The zero-order chi connectivity index (χ0) is 26.1. The number of carbonyl (C=O) groups is 2. The molecule has 0 aliphatic carbocycles. The van der Waals surface area contributed by atoms with Crippen LogP contribution in [0.15, 0.2) is 85.2 Å². The molecule has 188 valence electrons. The lowest BCUT2D eigenvalue weighted by atomic mass is 10.0. The van der Waals surface area contributed by atoms with E-state index < -0.39 is 18.2 Å². The summed E-state index contributed by atoms with van der Waals surface area (Å²) in [7, 11) is 1.70. The van der Waals surface area contributed by atoms with Gasteiger partial charge in [-0.3, -0.25) is 14.6 Å². The quantitative estimate of drug-likeness (QED) is 0.383. The molecule has 6 nitrogen and oxygen atoms in total. The number of hydrogen-bond acceptors (Lipinski definition) is 5. The van der Waals surface area contributed by atoms with Crippen LogP contribution in [-0.2, 0) is 19.1 Å². The fourth-order valence-electron chi connectivity index (χ4n) is 2.80. The van der Waals surface area contributed by atoms with E-state index in [1.807, 2.05) is 74.5 Å². The van der Waals surface area contributed by atoms with Gasteiger partial charge in [-0.1, -0.05) is 73.4 Å². The number of esters is 1. The van der Waals surface area contributed by atoms with Crippen molar-refractivity contribution in [2.75, 3.05) is 20.2 Å². The molecule has 0 bridgehead atoms. The SMILES string of the molecule is CC.CC(=O)OC(c1ccncc1)C1OCCN(C)C1=O.Clc1ccccc1.Clc1ccccc1. The molecule has 1 amide bonds. The number of nitrogens with zero attached hydrogens (tertiary/aromatic N) is 2. The van der Waals surface area contributed by atoms with Crippen molar-refractivity contribution in [1.82, 2.24) is 9.88 Å². The minimum Gasteiger partial charge on any atom is -0.454 e. The third-order valence-electron chi connectivity index (χ3n) is 4.41. The van der Waals surface area contributed by atoms with E-state index in [1.54, 1.807) is 36.5 Å². The second-order valence-electron chi connectivity index (χ2n) is 6.95. The van der Waals surface area contributed by atoms with Crippen LogP contribution in [0.1, 0.15) is 32.4 Å². The summed E-state index contributed by atoms with van der Waals surface area (Å²) >= 11 is 11.1. The molecule has 1 aliphatic heterocycles. The first-order valence-electron chi connectivity index (χ1n) is 11.2. The van der Waals surface area contributed by atoms with Crippen LogP contribution in [0.3, 0.4) is 0 Å². The van der Waals surface area contributed by atoms with Crippen LogP contribution in [0.5, 0.6) is 0 Å². The number of aromatic nitrogens is 1. The van der Waals surface area contributed by atoms with Crippen molar-refractivity contribution in [2.24, 2.45) is 0 Å². The summed E-state index contributed by atoms with van der Waals surface area (Å²) < 4.78 is 10.7. The first-order valence-corrected chi connectivity index (χ1v) is 12.0. The first kappa shape index (κ1) is 30.1. The molecule has 0 N–H and O–H groups in total. The van der Waals surface area contributed by atoms with Gasteiger partial charge in [0.15, 0.2) is 12.2 Å². The van der Waals surface area contributed by atoms with Crippen LogP contribution >= 0.6 is 23.2 Å². The Kier molecular flexibility index (Phi) is 15.0. The number of morpholine rings is 1. The number of rotatable bonds is 3. The zero-order valence-electron chi connectivity index (χ0n) is 20.4.